The lowest BCUT2D eigenvalue weighted by molar-refractivity contribution is -0.137. The zero-order chi connectivity index (χ0) is 26.8. The molecule has 0 fully saturated rings. The fourth-order valence-corrected chi connectivity index (χ4v) is 5.01. The highest BCUT2D eigenvalue weighted by Crippen LogP contribution is 2.36. The molecule has 3 aromatic carbocycles. The molecule has 194 valence electrons. The Hall–Kier alpha value is -4.17. The molecule has 38 heavy (non-hydrogen) atoms. The molecule has 1 N–H and O–H groups in total. The van der Waals surface area contributed by atoms with Crippen LogP contribution in [0.1, 0.15) is 41.0 Å². The summed E-state index contributed by atoms with van der Waals surface area (Å²) in [6.07, 6.45) is 1.63. The van der Waals surface area contributed by atoms with E-state index in [-0.39, 0.29) is 24.8 Å². The predicted octanol–water partition coefficient (Wildman–Crippen LogP) is 5.04. The van der Waals surface area contributed by atoms with Crippen molar-refractivity contribution in [2.75, 3.05) is 12.1 Å². The van der Waals surface area contributed by atoms with Crippen molar-refractivity contribution >= 4 is 29.2 Å². The number of halogens is 1. The van der Waals surface area contributed by atoms with Gasteiger partial charge < -0.3 is 5.11 Å². The first kappa shape index (κ1) is 25.5. The Morgan fingerprint density at radius 3 is 2.53 bits per heavy atom. The third-order valence-corrected chi connectivity index (χ3v) is 7.07. The molecular weight excluding hydrogens is 502 g/mol. The molecule has 4 aromatic rings. The van der Waals surface area contributed by atoms with Gasteiger partial charge in [0.15, 0.2) is 0 Å². The van der Waals surface area contributed by atoms with Gasteiger partial charge >= 0.3 is 11.7 Å². The minimum atomic E-state index is -0.999. The Morgan fingerprint density at radius 1 is 1.11 bits per heavy atom. The highest BCUT2D eigenvalue weighted by Gasteiger charge is 2.29. The molecular formula is C29H28ClN5O3. The first-order valence-electron chi connectivity index (χ1n) is 12.5. The number of anilines is 1. The summed E-state index contributed by atoms with van der Waals surface area (Å²) in [6.45, 7) is 1.93. The van der Waals surface area contributed by atoms with E-state index >= 15 is 0 Å². The Balaban J connectivity index is 1.62. The molecule has 1 unspecified atom stereocenters. The average Bonchev–Trinajstić information content (AvgIpc) is 3.48. The zero-order valence-corrected chi connectivity index (χ0v) is 22.0. The van der Waals surface area contributed by atoms with Crippen LogP contribution in [0.2, 0.25) is 5.02 Å². The molecule has 0 aliphatic heterocycles. The molecule has 1 aromatic heterocycles. The van der Waals surface area contributed by atoms with E-state index in [1.54, 1.807) is 12.1 Å². The van der Waals surface area contributed by atoms with Crippen LogP contribution in [-0.2, 0) is 17.8 Å². The zero-order valence-electron chi connectivity index (χ0n) is 21.2. The number of hydrogen-bond acceptors (Lipinski definition) is 5. The van der Waals surface area contributed by atoms with E-state index in [0.29, 0.717) is 10.7 Å². The third kappa shape index (κ3) is 5.13. The maximum atomic E-state index is 13.4. The van der Waals surface area contributed by atoms with Crippen molar-refractivity contribution in [2.24, 2.45) is 5.10 Å². The first-order valence-corrected chi connectivity index (χ1v) is 12.8. The quantitative estimate of drug-likeness (QED) is 0.255. The van der Waals surface area contributed by atoms with Crippen LogP contribution in [0.25, 0.3) is 5.69 Å². The highest BCUT2D eigenvalue weighted by molar-refractivity contribution is 6.30. The molecule has 8 nitrogen and oxygen atoms in total. The van der Waals surface area contributed by atoms with E-state index in [2.05, 4.69) is 17.2 Å². The molecule has 1 aliphatic carbocycles. The second-order valence-corrected chi connectivity index (χ2v) is 9.87. The maximum absolute atomic E-state index is 13.4. The number of hydrogen-bond donors (Lipinski definition) is 1. The largest absolute Gasteiger partial charge is 0.481 e. The van der Waals surface area contributed by atoms with Crippen LogP contribution < -0.4 is 10.7 Å². The molecule has 0 amide bonds. The summed E-state index contributed by atoms with van der Waals surface area (Å²) in [6, 6.07) is 23.3. The Bertz CT molecular complexity index is 1550. The number of nitrogens with zero attached hydrogens (tertiary/aromatic N) is 5. The minimum absolute atomic E-state index is 0.0300. The molecule has 0 saturated heterocycles. The van der Waals surface area contributed by atoms with E-state index in [4.69, 9.17) is 16.7 Å². The van der Waals surface area contributed by atoms with E-state index < -0.39 is 11.7 Å². The topological polar surface area (TPSA) is 92.7 Å². The number of carboxylic acid groups (broad SMARTS) is 1. The fraction of sp³-hybridized carbons (Fsp3) is 0.241. The normalized spacial score (nSPS) is 14.9. The molecule has 0 spiro atoms. The molecule has 0 radical (unpaired) electrons. The van der Waals surface area contributed by atoms with E-state index in [0.717, 1.165) is 29.7 Å². The van der Waals surface area contributed by atoms with Gasteiger partial charge in [0.25, 0.3) is 0 Å². The van der Waals surface area contributed by atoms with Gasteiger partial charge in [-0.2, -0.15) is 9.78 Å². The Kier molecular flexibility index (Phi) is 7.15. The van der Waals surface area contributed by atoms with Crippen LogP contribution in [0.5, 0.6) is 0 Å². The van der Waals surface area contributed by atoms with E-state index in [9.17, 15) is 14.7 Å². The van der Waals surface area contributed by atoms with E-state index in [1.165, 1.54) is 20.4 Å². The van der Waals surface area contributed by atoms with Crippen molar-refractivity contribution in [1.82, 2.24) is 14.3 Å². The highest BCUT2D eigenvalue weighted by atomic mass is 35.5. The predicted molar refractivity (Wildman–Crippen MR) is 149 cm³/mol. The smallest absolute Gasteiger partial charge is 0.352 e. The Labute approximate surface area is 225 Å². The third-order valence-electron chi connectivity index (χ3n) is 6.82. The van der Waals surface area contributed by atoms with Gasteiger partial charge in [0.05, 0.1) is 17.8 Å². The summed E-state index contributed by atoms with van der Waals surface area (Å²) in [4.78, 5) is 24.8. The fourth-order valence-electron chi connectivity index (χ4n) is 4.88. The van der Waals surface area contributed by atoms with Gasteiger partial charge in [0, 0.05) is 24.5 Å². The number of rotatable bonds is 8. The number of carboxylic acids is 1. The van der Waals surface area contributed by atoms with Crippen LogP contribution in [0.4, 0.5) is 5.95 Å². The number of carbonyl (C=O) groups is 1. The van der Waals surface area contributed by atoms with Crippen molar-refractivity contribution in [2.45, 2.75) is 38.6 Å². The molecule has 5 rings (SSSR count). The summed E-state index contributed by atoms with van der Waals surface area (Å²) in [5.74, 6) is -0.690. The molecule has 0 saturated carbocycles. The number of aryl methyl sites for hydroxylation is 2. The molecule has 1 aliphatic rings. The van der Waals surface area contributed by atoms with Crippen molar-refractivity contribution in [3.63, 3.8) is 0 Å². The van der Waals surface area contributed by atoms with Crippen LogP contribution in [0.15, 0.2) is 82.7 Å². The number of aliphatic carboxylic acids is 1. The monoisotopic (exact) mass is 529 g/mol. The van der Waals surface area contributed by atoms with Crippen molar-refractivity contribution in [3.8, 4) is 5.69 Å². The lowest BCUT2D eigenvalue weighted by Gasteiger charge is -2.20. The van der Waals surface area contributed by atoms with Gasteiger partial charge in [0.2, 0.25) is 5.95 Å². The molecule has 0 bridgehead atoms. The van der Waals surface area contributed by atoms with Gasteiger partial charge in [-0.05, 0) is 60.7 Å². The summed E-state index contributed by atoms with van der Waals surface area (Å²) < 4.78 is 2.65. The summed E-state index contributed by atoms with van der Waals surface area (Å²) in [5, 5.41) is 21.1. The molecule has 1 atom stereocenters. The van der Waals surface area contributed by atoms with Crippen molar-refractivity contribution in [3.05, 3.63) is 111 Å². The minimum Gasteiger partial charge on any atom is -0.481 e. The van der Waals surface area contributed by atoms with E-state index in [1.807, 2.05) is 67.6 Å². The number of fused-ring (bicyclic) bond motifs is 1. The standard InChI is InChI=1S/C29H28ClN5O3/c1-19-7-14-23(15-8-19)35-29(38)34(18-17-26(36)37)28(32-35)33(2)31-27(21-9-12-22(30)13-10-21)25-16-11-20-5-3-4-6-24(20)25/h3-10,12-15,25H,11,16-18H2,1-2H3,(H,36,37)/b31-27-. The second-order valence-electron chi connectivity index (χ2n) is 9.43. The first-order chi connectivity index (χ1) is 18.3. The van der Waals surface area contributed by atoms with Crippen molar-refractivity contribution in [1.29, 1.82) is 0 Å². The van der Waals surface area contributed by atoms with Crippen LogP contribution in [-0.4, -0.2) is 38.2 Å². The van der Waals surface area contributed by atoms with Crippen LogP contribution in [0.3, 0.4) is 0 Å². The number of benzene rings is 3. The lowest BCUT2D eigenvalue weighted by atomic mass is 9.91. The molecule has 9 heteroatoms. The number of aromatic nitrogens is 3. The lowest BCUT2D eigenvalue weighted by Crippen LogP contribution is -2.27. The SMILES string of the molecule is Cc1ccc(-n2nc(N(C)/N=C(/c3ccc(Cl)cc3)C3CCc4ccccc43)n(CCC(=O)O)c2=O)cc1. The number of hydrazone groups is 1. The molecule has 1 heterocycles. The second kappa shape index (κ2) is 10.7. The summed E-state index contributed by atoms with van der Waals surface area (Å²) >= 11 is 6.18. The van der Waals surface area contributed by atoms with Gasteiger partial charge in [-0.1, -0.05) is 65.7 Å². The van der Waals surface area contributed by atoms with Gasteiger partial charge in [0.1, 0.15) is 0 Å². The van der Waals surface area contributed by atoms with Gasteiger partial charge in [-0.15, -0.1) is 5.10 Å². The maximum Gasteiger partial charge on any atom is 0.352 e. The van der Waals surface area contributed by atoms with Gasteiger partial charge in [-0.25, -0.2) is 9.80 Å². The summed E-state index contributed by atoms with van der Waals surface area (Å²) in [7, 11) is 1.73. The average molecular weight is 530 g/mol. The van der Waals surface area contributed by atoms with Crippen LogP contribution in [0, 0.1) is 6.92 Å². The van der Waals surface area contributed by atoms with Crippen molar-refractivity contribution < 1.29 is 9.90 Å². The van der Waals surface area contributed by atoms with Crippen LogP contribution >= 0.6 is 11.6 Å². The Morgan fingerprint density at radius 2 is 1.82 bits per heavy atom. The summed E-state index contributed by atoms with van der Waals surface area (Å²) in [5.41, 5.74) is 5.49. The van der Waals surface area contributed by atoms with Gasteiger partial charge in [-0.3, -0.25) is 9.36 Å².